The fourth-order valence-corrected chi connectivity index (χ4v) is 4.70. The molecule has 0 radical (unpaired) electrons. The number of amides is 1. The largest absolute Gasteiger partial charge is 0.482 e. The van der Waals surface area contributed by atoms with Crippen LogP contribution < -0.4 is 14.9 Å². The number of nitrogens with zero attached hydrogens (tertiary/aromatic N) is 3. The molecule has 0 saturated carbocycles. The first-order valence-corrected chi connectivity index (χ1v) is 11.9. The molecule has 0 atom stereocenters. The van der Waals surface area contributed by atoms with E-state index in [0.29, 0.717) is 11.4 Å². The molecule has 7 heteroatoms. The fourth-order valence-electron chi connectivity index (χ4n) is 3.86. The van der Waals surface area contributed by atoms with E-state index >= 15 is 0 Å². The summed E-state index contributed by atoms with van der Waals surface area (Å²) in [6.45, 7) is 6.22. The molecule has 0 saturated heterocycles. The number of carbonyl (C=O) groups excluding carboxylic acids is 1. The number of hydrogen-bond acceptors (Lipinski definition) is 5. The number of para-hydroxylation sites is 1. The molecule has 1 aromatic heterocycles. The quantitative estimate of drug-likeness (QED) is 0.397. The Morgan fingerprint density at radius 2 is 1.76 bits per heavy atom. The molecule has 0 spiro atoms. The lowest BCUT2D eigenvalue weighted by Gasteiger charge is -2.18. The zero-order valence-electron chi connectivity index (χ0n) is 19.2. The summed E-state index contributed by atoms with van der Waals surface area (Å²) < 4.78 is 7.38. The number of aromatic nitrogens is 1. The van der Waals surface area contributed by atoms with Gasteiger partial charge >= 0.3 is 0 Å². The molecule has 0 bridgehead atoms. The number of nitrogens with one attached hydrogen (secondary N) is 1. The number of aryl methyl sites for hydroxylation is 3. The van der Waals surface area contributed by atoms with Gasteiger partial charge in [0.15, 0.2) is 6.61 Å². The van der Waals surface area contributed by atoms with E-state index in [0.717, 1.165) is 44.0 Å². The summed E-state index contributed by atoms with van der Waals surface area (Å²) in [6.07, 6.45) is 1.86. The smallest absolute Gasteiger partial charge is 0.262 e. The Balaban J connectivity index is 1.67. The topological polar surface area (TPSA) is 68.0 Å². The van der Waals surface area contributed by atoms with Crippen molar-refractivity contribution in [2.45, 2.75) is 20.8 Å². The van der Waals surface area contributed by atoms with Crippen LogP contribution in [-0.4, -0.2) is 23.4 Å². The van der Waals surface area contributed by atoms with Crippen molar-refractivity contribution in [3.63, 3.8) is 0 Å². The first-order valence-electron chi connectivity index (χ1n) is 11.0. The Labute approximate surface area is 201 Å². The molecule has 0 unspecified atom stereocenters. The Morgan fingerprint density at radius 3 is 2.56 bits per heavy atom. The van der Waals surface area contributed by atoms with E-state index < -0.39 is 0 Å². The summed E-state index contributed by atoms with van der Waals surface area (Å²) in [5.74, 6) is 0.500. The maximum Gasteiger partial charge on any atom is 0.262 e. The standard InChI is InChI=1S/C27H24N4O2S/c1-17-7-4-5-10-21(17)14-28-31-23(20-11-12-24-22(13-20)29-25(32)15-33-24)16-34-27(31)30-26-18(2)8-6-9-19(26)3/h4-14,16H,15H2,1-3H3,(H,29,32)/b28-14+,30-27?. The van der Waals surface area contributed by atoms with E-state index in [9.17, 15) is 4.79 Å². The molecule has 0 aliphatic carbocycles. The Bertz CT molecular complexity index is 1480. The van der Waals surface area contributed by atoms with Crippen LogP contribution in [0.15, 0.2) is 76.1 Å². The van der Waals surface area contributed by atoms with Crippen molar-refractivity contribution in [1.82, 2.24) is 4.68 Å². The van der Waals surface area contributed by atoms with Gasteiger partial charge in [-0.3, -0.25) is 4.79 Å². The van der Waals surface area contributed by atoms with Gasteiger partial charge < -0.3 is 10.1 Å². The van der Waals surface area contributed by atoms with Crippen LogP contribution in [0.1, 0.15) is 22.3 Å². The van der Waals surface area contributed by atoms with Gasteiger partial charge in [0.25, 0.3) is 5.91 Å². The molecule has 170 valence electrons. The predicted molar refractivity (Wildman–Crippen MR) is 137 cm³/mol. The third-order valence-electron chi connectivity index (χ3n) is 5.74. The molecular formula is C27H24N4O2S. The van der Waals surface area contributed by atoms with E-state index in [1.54, 1.807) is 0 Å². The van der Waals surface area contributed by atoms with Crippen LogP contribution in [0, 0.1) is 20.8 Å². The molecule has 5 rings (SSSR count). The van der Waals surface area contributed by atoms with Crippen LogP contribution in [0.2, 0.25) is 0 Å². The lowest BCUT2D eigenvalue weighted by Crippen LogP contribution is -2.25. The summed E-state index contributed by atoms with van der Waals surface area (Å²) >= 11 is 1.52. The molecule has 3 aromatic carbocycles. The highest BCUT2D eigenvalue weighted by atomic mass is 32.1. The third kappa shape index (κ3) is 4.30. The van der Waals surface area contributed by atoms with Crippen LogP contribution in [-0.2, 0) is 4.79 Å². The highest BCUT2D eigenvalue weighted by Crippen LogP contribution is 2.33. The zero-order chi connectivity index (χ0) is 23.7. The highest BCUT2D eigenvalue weighted by molar-refractivity contribution is 7.07. The molecule has 2 heterocycles. The van der Waals surface area contributed by atoms with Gasteiger partial charge in [0.1, 0.15) is 5.75 Å². The van der Waals surface area contributed by atoms with Crippen LogP contribution >= 0.6 is 11.3 Å². The number of hydrogen-bond donors (Lipinski definition) is 1. The summed E-state index contributed by atoms with van der Waals surface area (Å²) in [6, 6.07) is 20.0. The minimum atomic E-state index is -0.161. The van der Waals surface area contributed by atoms with Crippen LogP contribution in [0.25, 0.3) is 11.3 Å². The first kappa shape index (κ1) is 21.9. The van der Waals surface area contributed by atoms with E-state index in [-0.39, 0.29) is 12.5 Å². The lowest BCUT2D eigenvalue weighted by molar-refractivity contribution is -0.118. The predicted octanol–water partition coefficient (Wildman–Crippen LogP) is 5.59. The van der Waals surface area contributed by atoms with Gasteiger partial charge in [0, 0.05) is 10.9 Å². The molecule has 0 fully saturated rings. The van der Waals surface area contributed by atoms with Gasteiger partial charge in [-0.05, 0) is 61.2 Å². The molecule has 1 amide bonds. The van der Waals surface area contributed by atoms with Gasteiger partial charge in [-0.25, -0.2) is 9.67 Å². The number of benzene rings is 3. The van der Waals surface area contributed by atoms with E-state index in [1.165, 1.54) is 11.3 Å². The molecular weight excluding hydrogens is 444 g/mol. The SMILES string of the molecule is Cc1ccccc1/C=N/n1c(-c2ccc3c(c2)NC(=O)CO3)csc1=Nc1c(C)cccc1C. The highest BCUT2D eigenvalue weighted by Gasteiger charge is 2.18. The molecule has 1 aliphatic rings. The van der Waals surface area contributed by atoms with Crippen LogP contribution in [0.4, 0.5) is 11.4 Å². The van der Waals surface area contributed by atoms with Gasteiger partial charge in [-0.2, -0.15) is 5.10 Å². The van der Waals surface area contributed by atoms with Crippen LogP contribution in [0.3, 0.4) is 0 Å². The monoisotopic (exact) mass is 468 g/mol. The number of fused-ring (bicyclic) bond motifs is 1. The van der Waals surface area contributed by atoms with Crippen molar-refractivity contribution < 1.29 is 9.53 Å². The minimum Gasteiger partial charge on any atom is -0.482 e. The number of anilines is 1. The maximum absolute atomic E-state index is 11.8. The van der Waals surface area contributed by atoms with Crippen molar-refractivity contribution in [3.05, 3.63) is 93.1 Å². The Kier molecular flexibility index (Phi) is 5.86. The van der Waals surface area contributed by atoms with Crippen molar-refractivity contribution in [2.24, 2.45) is 10.1 Å². The average Bonchev–Trinajstić information content (AvgIpc) is 3.23. The van der Waals surface area contributed by atoms with Crippen molar-refractivity contribution >= 4 is 34.8 Å². The van der Waals surface area contributed by atoms with E-state index in [2.05, 4.69) is 44.3 Å². The maximum atomic E-state index is 11.8. The van der Waals surface area contributed by atoms with E-state index in [4.69, 9.17) is 14.8 Å². The molecule has 34 heavy (non-hydrogen) atoms. The average molecular weight is 469 g/mol. The molecule has 1 aliphatic heterocycles. The zero-order valence-corrected chi connectivity index (χ0v) is 20.0. The summed E-state index contributed by atoms with van der Waals surface area (Å²) in [5.41, 5.74) is 7.79. The second kappa shape index (κ2) is 9.11. The molecule has 4 aromatic rings. The second-order valence-corrected chi connectivity index (χ2v) is 9.05. The fraction of sp³-hybridized carbons (Fsp3) is 0.148. The summed E-state index contributed by atoms with van der Waals surface area (Å²) in [4.78, 5) is 17.6. The number of carbonyl (C=O) groups is 1. The third-order valence-corrected chi connectivity index (χ3v) is 6.56. The van der Waals surface area contributed by atoms with Crippen molar-refractivity contribution in [3.8, 4) is 17.0 Å². The minimum absolute atomic E-state index is 0.0321. The summed E-state index contributed by atoms with van der Waals surface area (Å²) in [7, 11) is 0. The number of rotatable bonds is 4. The Hall–Kier alpha value is -3.97. The van der Waals surface area contributed by atoms with Crippen molar-refractivity contribution in [2.75, 3.05) is 11.9 Å². The molecule has 1 N–H and O–H groups in total. The molecule has 6 nitrogen and oxygen atoms in total. The van der Waals surface area contributed by atoms with Crippen molar-refractivity contribution in [1.29, 1.82) is 0 Å². The van der Waals surface area contributed by atoms with Gasteiger partial charge in [-0.15, -0.1) is 11.3 Å². The normalized spacial score (nSPS) is 13.6. The van der Waals surface area contributed by atoms with Gasteiger partial charge in [0.2, 0.25) is 4.80 Å². The number of ether oxygens (including phenoxy) is 1. The second-order valence-electron chi connectivity index (χ2n) is 8.22. The van der Waals surface area contributed by atoms with Gasteiger partial charge in [-0.1, -0.05) is 42.5 Å². The van der Waals surface area contributed by atoms with Gasteiger partial charge in [0.05, 0.1) is 23.3 Å². The van der Waals surface area contributed by atoms with E-state index in [1.807, 2.05) is 58.7 Å². The first-order chi connectivity index (χ1) is 16.5. The number of thiazole rings is 1. The van der Waals surface area contributed by atoms with Crippen LogP contribution in [0.5, 0.6) is 5.75 Å². The summed E-state index contributed by atoms with van der Waals surface area (Å²) in [5, 5.41) is 9.77. The lowest BCUT2D eigenvalue weighted by atomic mass is 10.1. The Morgan fingerprint density at radius 1 is 1.00 bits per heavy atom.